The van der Waals surface area contributed by atoms with Crippen LogP contribution in [0.2, 0.25) is 5.02 Å². The number of fused-ring (bicyclic) bond motifs is 1. The zero-order valence-corrected chi connectivity index (χ0v) is 9.91. The van der Waals surface area contributed by atoms with Gasteiger partial charge >= 0.3 is 0 Å². The molecule has 0 aliphatic carbocycles. The van der Waals surface area contributed by atoms with Crippen molar-refractivity contribution >= 4 is 11.6 Å². The van der Waals surface area contributed by atoms with Crippen LogP contribution in [0.25, 0.3) is 11.1 Å². The summed E-state index contributed by atoms with van der Waals surface area (Å²) < 4.78 is 11.0. The van der Waals surface area contributed by atoms with Crippen LogP contribution in [0.3, 0.4) is 0 Å². The number of halogens is 1. The van der Waals surface area contributed by atoms with Crippen LogP contribution >= 0.6 is 11.6 Å². The highest BCUT2D eigenvalue weighted by molar-refractivity contribution is 6.30. The average molecular weight is 247 g/mol. The van der Waals surface area contributed by atoms with Gasteiger partial charge in [-0.05, 0) is 35.4 Å². The van der Waals surface area contributed by atoms with E-state index in [1.165, 1.54) is 0 Å². The first-order chi connectivity index (χ1) is 8.33. The molecule has 0 bridgehead atoms. The van der Waals surface area contributed by atoms with Crippen LogP contribution in [-0.2, 0) is 0 Å². The van der Waals surface area contributed by atoms with Gasteiger partial charge in [-0.3, -0.25) is 0 Å². The second-order valence-corrected chi connectivity index (χ2v) is 4.31. The maximum Gasteiger partial charge on any atom is 0.161 e. The van der Waals surface area contributed by atoms with Crippen LogP contribution < -0.4 is 9.47 Å². The second kappa shape index (κ2) is 4.30. The SMILES string of the molecule is Clc1cccc(-c2ccc3c(c2)OCCO3)c1. The van der Waals surface area contributed by atoms with E-state index in [2.05, 4.69) is 0 Å². The van der Waals surface area contributed by atoms with E-state index in [-0.39, 0.29) is 0 Å². The lowest BCUT2D eigenvalue weighted by Gasteiger charge is -2.18. The van der Waals surface area contributed by atoms with Crippen LogP contribution in [0, 0.1) is 0 Å². The van der Waals surface area contributed by atoms with Crippen molar-refractivity contribution in [3.63, 3.8) is 0 Å². The van der Waals surface area contributed by atoms with E-state index < -0.39 is 0 Å². The molecular weight excluding hydrogens is 236 g/mol. The van der Waals surface area contributed by atoms with Crippen molar-refractivity contribution in [3.8, 4) is 22.6 Å². The normalized spacial score (nSPS) is 13.5. The molecule has 17 heavy (non-hydrogen) atoms. The molecule has 0 unspecified atom stereocenters. The standard InChI is InChI=1S/C14H11ClO2/c15-12-3-1-2-10(8-12)11-4-5-13-14(9-11)17-7-6-16-13/h1-5,8-9H,6-7H2. The van der Waals surface area contributed by atoms with Crippen molar-refractivity contribution in [2.75, 3.05) is 13.2 Å². The Bertz CT molecular complexity index is 552. The Labute approximate surface area is 105 Å². The molecular formula is C14H11ClO2. The van der Waals surface area contributed by atoms with Crippen molar-refractivity contribution in [1.82, 2.24) is 0 Å². The first kappa shape index (κ1) is 10.5. The fourth-order valence-electron chi connectivity index (χ4n) is 1.89. The van der Waals surface area contributed by atoms with Gasteiger partial charge in [0.1, 0.15) is 13.2 Å². The fraction of sp³-hybridized carbons (Fsp3) is 0.143. The van der Waals surface area contributed by atoms with Gasteiger partial charge in [0, 0.05) is 5.02 Å². The number of hydrogen-bond acceptors (Lipinski definition) is 2. The van der Waals surface area contributed by atoms with Crippen LogP contribution in [0.5, 0.6) is 11.5 Å². The predicted octanol–water partition coefficient (Wildman–Crippen LogP) is 3.78. The van der Waals surface area contributed by atoms with Gasteiger partial charge in [0.05, 0.1) is 0 Å². The van der Waals surface area contributed by atoms with E-state index in [0.717, 1.165) is 27.6 Å². The molecule has 0 saturated heterocycles. The van der Waals surface area contributed by atoms with E-state index in [4.69, 9.17) is 21.1 Å². The maximum atomic E-state index is 5.98. The monoisotopic (exact) mass is 246 g/mol. The van der Waals surface area contributed by atoms with E-state index in [0.29, 0.717) is 13.2 Å². The van der Waals surface area contributed by atoms with Gasteiger partial charge in [-0.15, -0.1) is 0 Å². The quantitative estimate of drug-likeness (QED) is 0.762. The Balaban J connectivity index is 2.04. The molecule has 2 aromatic rings. The summed E-state index contributed by atoms with van der Waals surface area (Å²) in [5, 5.41) is 0.734. The molecule has 0 radical (unpaired) electrons. The second-order valence-electron chi connectivity index (χ2n) is 3.87. The van der Waals surface area contributed by atoms with Gasteiger partial charge in [0.25, 0.3) is 0 Å². The van der Waals surface area contributed by atoms with E-state index >= 15 is 0 Å². The number of ether oxygens (including phenoxy) is 2. The van der Waals surface area contributed by atoms with E-state index in [1.54, 1.807) is 0 Å². The summed E-state index contributed by atoms with van der Waals surface area (Å²) in [6.07, 6.45) is 0. The molecule has 2 nitrogen and oxygen atoms in total. The minimum Gasteiger partial charge on any atom is -0.486 e. The summed E-state index contributed by atoms with van der Waals surface area (Å²) in [6, 6.07) is 13.7. The third-order valence-corrected chi connectivity index (χ3v) is 2.94. The molecule has 2 aromatic carbocycles. The summed E-state index contributed by atoms with van der Waals surface area (Å²) in [7, 11) is 0. The van der Waals surface area contributed by atoms with Crippen molar-refractivity contribution in [2.24, 2.45) is 0 Å². The highest BCUT2D eigenvalue weighted by atomic mass is 35.5. The van der Waals surface area contributed by atoms with Gasteiger partial charge in [-0.1, -0.05) is 29.8 Å². The van der Waals surface area contributed by atoms with Gasteiger partial charge in [0.15, 0.2) is 11.5 Å². The zero-order valence-electron chi connectivity index (χ0n) is 9.15. The molecule has 86 valence electrons. The molecule has 1 aliphatic heterocycles. The Morgan fingerprint density at radius 1 is 0.824 bits per heavy atom. The number of rotatable bonds is 1. The number of benzene rings is 2. The first-order valence-corrected chi connectivity index (χ1v) is 5.86. The van der Waals surface area contributed by atoms with Crippen molar-refractivity contribution in [3.05, 3.63) is 47.5 Å². The highest BCUT2D eigenvalue weighted by Crippen LogP contribution is 2.34. The van der Waals surface area contributed by atoms with Crippen LogP contribution in [0.1, 0.15) is 0 Å². The van der Waals surface area contributed by atoms with Crippen molar-refractivity contribution in [1.29, 1.82) is 0 Å². The molecule has 3 rings (SSSR count). The molecule has 0 fully saturated rings. The maximum absolute atomic E-state index is 5.98. The third-order valence-electron chi connectivity index (χ3n) is 2.70. The van der Waals surface area contributed by atoms with Crippen molar-refractivity contribution in [2.45, 2.75) is 0 Å². The smallest absolute Gasteiger partial charge is 0.161 e. The average Bonchev–Trinajstić information content (AvgIpc) is 2.38. The van der Waals surface area contributed by atoms with Gasteiger partial charge in [-0.2, -0.15) is 0 Å². The van der Waals surface area contributed by atoms with Crippen LogP contribution in [0.4, 0.5) is 0 Å². The molecule has 0 amide bonds. The summed E-state index contributed by atoms with van der Waals surface area (Å²) in [4.78, 5) is 0. The molecule has 3 heteroatoms. The highest BCUT2D eigenvalue weighted by Gasteiger charge is 2.12. The predicted molar refractivity (Wildman–Crippen MR) is 67.9 cm³/mol. The minimum absolute atomic E-state index is 0.603. The Kier molecular flexibility index (Phi) is 2.65. The molecule has 0 spiro atoms. The van der Waals surface area contributed by atoms with Gasteiger partial charge in [0.2, 0.25) is 0 Å². The third kappa shape index (κ3) is 2.08. The lowest BCUT2D eigenvalue weighted by Crippen LogP contribution is -2.15. The summed E-state index contributed by atoms with van der Waals surface area (Å²) in [6.45, 7) is 1.22. The zero-order chi connectivity index (χ0) is 11.7. The minimum atomic E-state index is 0.603. The first-order valence-electron chi connectivity index (χ1n) is 5.48. The summed E-state index contributed by atoms with van der Waals surface area (Å²) in [5.74, 6) is 1.61. The molecule has 1 aliphatic rings. The van der Waals surface area contributed by atoms with Crippen LogP contribution in [0.15, 0.2) is 42.5 Å². The summed E-state index contributed by atoms with van der Waals surface area (Å²) in [5.41, 5.74) is 2.16. The lowest BCUT2D eigenvalue weighted by molar-refractivity contribution is 0.171. The van der Waals surface area contributed by atoms with Crippen molar-refractivity contribution < 1.29 is 9.47 Å². The Morgan fingerprint density at radius 3 is 2.41 bits per heavy atom. The van der Waals surface area contributed by atoms with E-state index in [1.807, 2.05) is 42.5 Å². The largest absolute Gasteiger partial charge is 0.486 e. The van der Waals surface area contributed by atoms with Gasteiger partial charge < -0.3 is 9.47 Å². The topological polar surface area (TPSA) is 18.5 Å². The molecule has 0 atom stereocenters. The van der Waals surface area contributed by atoms with E-state index in [9.17, 15) is 0 Å². The van der Waals surface area contributed by atoms with Gasteiger partial charge in [-0.25, -0.2) is 0 Å². The number of hydrogen-bond donors (Lipinski definition) is 0. The molecule has 0 saturated carbocycles. The Hall–Kier alpha value is -1.67. The Morgan fingerprint density at radius 2 is 1.59 bits per heavy atom. The fourth-order valence-corrected chi connectivity index (χ4v) is 2.08. The molecule has 0 aromatic heterocycles. The molecule has 1 heterocycles. The lowest BCUT2D eigenvalue weighted by atomic mass is 10.1. The molecule has 0 N–H and O–H groups in total. The van der Waals surface area contributed by atoms with Crippen LogP contribution in [-0.4, -0.2) is 13.2 Å². The summed E-state index contributed by atoms with van der Waals surface area (Å²) >= 11 is 5.98.